The van der Waals surface area contributed by atoms with Crippen LogP contribution in [0.25, 0.3) is 33.2 Å². The zero-order valence-electron chi connectivity index (χ0n) is 20.3. The van der Waals surface area contributed by atoms with Crippen LogP contribution in [0.15, 0.2) is 52.5 Å². The van der Waals surface area contributed by atoms with Gasteiger partial charge < -0.3 is 9.97 Å². The molecule has 1 aliphatic rings. The van der Waals surface area contributed by atoms with Gasteiger partial charge in [0.15, 0.2) is 11.6 Å². The van der Waals surface area contributed by atoms with Crippen molar-refractivity contribution in [3.8, 4) is 11.1 Å². The van der Waals surface area contributed by atoms with E-state index in [1.165, 1.54) is 0 Å². The van der Waals surface area contributed by atoms with Crippen LogP contribution in [-0.2, 0) is 0 Å². The van der Waals surface area contributed by atoms with E-state index >= 15 is 4.39 Å². The quantitative estimate of drug-likeness (QED) is 0.213. The topological polar surface area (TPSA) is 127 Å². The number of aromatic amines is 2. The number of imidazole rings is 1. The first-order valence-electron chi connectivity index (χ1n) is 11.9. The number of benzene rings is 1. The molecule has 0 saturated heterocycles. The van der Waals surface area contributed by atoms with Gasteiger partial charge in [-0.05, 0) is 55.9 Å². The molecular formula is C26H28FN5O3S. The Balaban J connectivity index is 1.56. The van der Waals surface area contributed by atoms with Crippen LogP contribution in [0.1, 0.15) is 49.3 Å². The summed E-state index contributed by atoms with van der Waals surface area (Å²) in [6.45, 7) is 5.49. The average Bonchev–Trinajstić information content (AvgIpc) is 3.42. The minimum absolute atomic E-state index is 0.00681. The molecule has 1 atom stereocenters. The van der Waals surface area contributed by atoms with Gasteiger partial charge in [0.05, 0.1) is 22.5 Å². The van der Waals surface area contributed by atoms with E-state index in [2.05, 4.69) is 24.3 Å². The third-order valence-corrected chi connectivity index (χ3v) is 7.95. The fraction of sp³-hybridized carbons (Fsp3) is 0.308. The molecule has 3 heterocycles. The normalized spacial score (nSPS) is 18.5. The number of nitrogens with one attached hydrogen (secondary N) is 2. The van der Waals surface area contributed by atoms with Crippen molar-refractivity contribution in [1.82, 2.24) is 19.9 Å². The second-order valence-corrected chi connectivity index (χ2v) is 11.1. The molecule has 0 bridgehead atoms. The number of fused-ring (bicyclic) bond motifs is 2. The van der Waals surface area contributed by atoms with Gasteiger partial charge in [0.2, 0.25) is 0 Å². The smallest absolute Gasteiger partial charge is 0.194 e. The van der Waals surface area contributed by atoms with Gasteiger partial charge in [0, 0.05) is 34.5 Å². The number of carbonyl (C=O) groups excluding carboxylic acids is 1. The third kappa shape index (κ3) is 4.47. The number of aryl methyl sites for hydroxylation is 1. The lowest BCUT2D eigenvalue weighted by Crippen LogP contribution is -2.22. The molecule has 36 heavy (non-hydrogen) atoms. The van der Waals surface area contributed by atoms with Crippen LogP contribution in [0.5, 0.6) is 0 Å². The Labute approximate surface area is 209 Å². The summed E-state index contributed by atoms with van der Waals surface area (Å²) in [7, 11) is -3.29. The summed E-state index contributed by atoms with van der Waals surface area (Å²) < 4.78 is 39.8. The van der Waals surface area contributed by atoms with Gasteiger partial charge in [-0.25, -0.2) is 14.4 Å². The van der Waals surface area contributed by atoms with Gasteiger partial charge in [0.25, 0.3) is 0 Å². The average molecular weight is 510 g/mol. The van der Waals surface area contributed by atoms with Gasteiger partial charge >= 0.3 is 0 Å². The number of carbonyl (C=O) groups is 1. The second-order valence-electron chi connectivity index (χ2n) is 9.25. The van der Waals surface area contributed by atoms with Crippen LogP contribution < -0.4 is 0 Å². The minimum atomic E-state index is -3.29. The molecule has 0 radical (unpaired) electrons. The molecule has 188 valence electrons. The number of aromatic nitrogens is 4. The Bertz CT molecular complexity index is 1550. The number of nitrogens with zero attached hydrogens (tertiary/aromatic N) is 3. The monoisotopic (exact) mass is 509 g/mol. The molecule has 8 nitrogen and oxygen atoms in total. The van der Waals surface area contributed by atoms with Gasteiger partial charge in [-0.2, -0.15) is 4.40 Å². The van der Waals surface area contributed by atoms with Crippen molar-refractivity contribution in [2.45, 2.75) is 40.0 Å². The molecule has 3 aromatic heterocycles. The molecular weight excluding hydrogens is 481 g/mol. The van der Waals surface area contributed by atoms with E-state index < -0.39 is 22.4 Å². The largest absolute Gasteiger partial charge is 0.345 e. The molecule has 5 rings (SSSR count). The van der Waals surface area contributed by atoms with Crippen LogP contribution in [0, 0.1) is 12.8 Å². The Morgan fingerprint density at radius 2 is 2.08 bits per heavy atom. The fourth-order valence-corrected chi connectivity index (χ4v) is 5.86. The van der Waals surface area contributed by atoms with Crippen LogP contribution in [0.2, 0.25) is 0 Å². The molecule has 0 amide bonds. The second kappa shape index (κ2) is 9.27. The molecule has 0 saturated carbocycles. The van der Waals surface area contributed by atoms with Crippen molar-refractivity contribution in [1.29, 1.82) is 0 Å². The zero-order chi connectivity index (χ0) is 25.6. The van der Waals surface area contributed by atoms with Crippen LogP contribution >= 0.6 is 10.8 Å². The summed E-state index contributed by atoms with van der Waals surface area (Å²) in [5.74, 6) is -0.664. The first-order valence-corrected chi connectivity index (χ1v) is 13.6. The predicted octanol–water partition coefficient (Wildman–Crippen LogP) is 6.77. The number of allylic oxidation sites excluding steroid dienone is 2. The first-order chi connectivity index (χ1) is 17.2. The van der Waals surface area contributed by atoms with Crippen LogP contribution in [0.3, 0.4) is 0 Å². The molecule has 4 aromatic rings. The standard InChI is InChI=1S/C26H28FN5O3S/c1-4-9-36(34,35)32-21-7-5-14(2)23(24(21)27)25(33)19-13-29-26-18(19)10-17(12-28-26)16-6-8-20-22(11-16)31-15(3)30-20/h6,8,10-14,34-35H,4-5,7,9H2,1-3H3,(H,28,29)(H,30,31). The van der Waals surface area contributed by atoms with Gasteiger partial charge in [-0.3, -0.25) is 13.9 Å². The predicted molar refractivity (Wildman–Crippen MR) is 142 cm³/mol. The highest BCUT2D eigenvalue weighted by Gasteiger charge is 2.32. The molecule has 0 spiro atoms. The number of ketones is 1. The van der Waals surface area contributed by atoms with Crippen molar-refractivity contribution in [3.63, 3.8) is 0 Å². The van der Waals surface area contributed by atoms with E-state index in [1.807, 2.05) is 31.2 Å². The van der Waals surface area contributed by atoms with Gasteiger partial charge in [-0.15, -0.1) is 0 Å². The number of rotatable bonds is 6. The maximum atomic E-state index is 15.6. The summed E-state index contributed by atoms with van der Waals surface area (Å²) in [6, 6.07) is 7.72. The maximum Gasteiger partial charge on any atom is 0.194 e. The Morgan fingerprint density at radius 1 is 1.28 bits per heavy atom. The van der Waals surface area contributed by atoms with E-state index in [1.54, 1.807) is 26.2 Å². The molecule has 1 aliphatic carbocycles. The SMILES string of the molecule is CCCS(O)(O)N=C1CCC(C)C(C(=O)c2c[nH]c3ncc(-c4ccc5nc(C)[nH]c5c4)cc23)=C1F. The number of pyridine rings is 1. The van der Waals surface area contributed by atoms with Crippen molar-refractivity contribution < 1.29 is 18.3 Å². The summed E-state index contributed by atoms with van der Waals surface area (Å²) in [4.78, 5) is 28.8. The third-order valence-electron chi connectivity index (χ3n) is 6.49. The van der Waals surface area contributed by atoms with Crippen LogP contribution in [-0.4, -0.2) is 46.3 Å². The first kappa shape index (κ1) is 24.4. The van der Waals surface area contributed by atoms with Gasteiger partial charge in [0.1, 0.15) is 11.5 Å². The fourth-order valence-electron chi connectivity index (χ4n) is 4.70. The van der Waals surface area contributed by atoms with E-state index in [0.717, 1.165) is 28.0 Å². The number of Topliss-reactive ketones (excluding diaryl/α,β-unsaturated/α-hetero) is 1. The summed E-state index contributed by atoms with van der Waals surface area (Å²) in [6.07, 6.45) is 4.52. The summed E-state index contributed by atoms with van der Waals surface area (Å²) in [5.41, 5.74) is 4.29. The molecule has 4 N–H and O–H groups in total. The van der Waals surface area contributed by atoms with E-state index in [4.69, 9.17) is 0 Å². The maximum absolute atomic E-state index is 15.6. The van der Waals surface area contributed by atoms with E-state index in [-0.39, 0.29) is 29.4 Å². The number of halogens is 1. The lowest BCUT2D eigenvalue weighted by atomic mass is 9.83. The minimum Gasteiger partial charge on any atom is -0.345 e. The van der Waals surface area contributed by atoms with Crippen molar-refractivity contribution in [2.75, 3.05) is 5.75 Å². The van der Waals surface area contributed by atoms with E-state index in [0.29, 0.717) is 29.4 Å². The number of hydrogen-bond acceptors (Lipinski definition) is 6. The lowest BCUT2D eigenvalue weighted by molar-refractivity contribution is 0.102. The highest BCUT2D eigenvalue weighted by atomic mass is 32.3. The zero-order valence-corrected chi connectivity index (χ0v) is 21.1. The number of hydrogen-bond donors (Lipinski definition) is 4. The molecule has 10 heteroatoms. The Hall–Kier alpha value is -3.34. The van der Waals surface area contributed by atoms with Crippen molar-refractivity contribution in [2.24, 2.45) is 10.3 Å². The number of H-pyrrole nitrogens is 2. The summed E-state index contributed by atoms with van der Waals surface area (Å²) >= 11 is 0. The van der Waals surface area contributed by atoms with Crippen molar-refractivity contribution in [3.05, 3.63) is 59.4 Å². The highest BCUT2D eigenvalue weighted by molar-refractivity contribution is 8.23. The van der Waals surface area contributed by atoms with Crippen LogP contribution in [0.4, 0.5) is 4.39 Å². The summed E-state index contributed by atoms with van der Waals surface area (Å²) in [5, 5.41) is 0.588. The highest BCUT2D eigenvalue weighted by Crippen LogP contribution is 2.44. The van der Waals surface area contributed by atoms with Gasteiger partial charge in [-0.1, -0.05) is 30.7 Å². The molecule has 1 aromatic carbocycles. The Kier molecular flexibility index (Phi) is 6.27. The molecule has 0 fully saturated rings. The molecule has 0 aliphatic heterocycles. The van der Waals surface area contributed by atoms with E-state index in [9.17, 15) is 13.9 Å². The Morgan fingerprint density at radius 3 is 2.86 bits per heavy atom. The van der Waals surface area contributed by atoms with Crippen molar-refractivity contribution >= 4 is 44.3 Å². The lowest BCUT2D eigenvalue weighted by Gasteiger charge is -2.29. The molecule has 1 unspecified atom stereocenters.